The molecule has 30 heavy (non-hydrogen) atoms. The number of carbonyl (C=O) groups is 2. The molecule has 1 aliphatic heterocycles. The summed E-state index contributed by atoms with van der Waals surface area (Å²) in [7, 11) is 1.61. The first-order chi connectivity index (χ1) is 14.4. The molecule has 0 radical (unpaired) electrons. The Kier molecular flexibility index (Phi) is 5.30. The summed E-state index contributed by atoms with van der Waals surface area (Å²) < 4.78 is 32.2. The zero-order valence-corrected chi connectivity index (χ0v) is 16.1. The van der Waals surface area contributed by atoms with Gasteiger partial charge in [-0.05, 0) is 18.2 Å². The van der Waals surface area contributed by atoms with Crippen LogP contribution in [0.2, 0.25) is 0 Å². The Morgan fingerprint density at radius 1 is 1.33 bits per heavy atom. The lowest BCUT2D eigenvalue weighted by atomic mass is 10.2. The number of alkyl halides is 2. The van der Waals surface area contributed by atoms with Gasteiger partial charge in [-0.3, -0.25) is 19.3 Å². The second-order valence-electron chi connectivity index (χ2n) is 6.88. The molecule has 0 saturated heterocycles. The molecule has 3 aromatic rings. The summed E-state index contributed by atoms with van der Waals surface area (Å²) in [6.45, 7) is -0.00919. The Balaban J connectivity index is 1.53. The van der Waals surface area contributed by atoms with Crippen molar-refractivity contribution in [3.8, 4) is 5.75 Å². The highest BCUT2D eigenvalue weighted by atomic mass is 19.3. The van der Waals surface area contributed by atoms with E-state index in [1.54, 1.807) is 31.3 Å². The number of halogens is 2. The number of benzene rings is 1. The average Bonchev–Trinajstić information content (AvgIpc) is 3.11. The number of hydrogen-bond donors (Lipinski definition) is 1. The van der Waals surface area contributed by atoms with E-state index < -0.39 is 18.4 Å². The predicted molar refractivity (Wildman–Crippen MR) is 105 cm³/mol. The van der Waals surface area contributed by atoms with Crippen LogP contribution in [-0.2, 0) is 11.3 Å². The van der Waals surface area contributed by atoms with E-state index in [9.17, 15) is 18.4 Å². The number of hydrogen-bond acceptors (Lipinski definition) is 5. The summed E-state index contributed by atoms with van der Waals surface area (Å²) >= 11 is 0. The molecule has 156 valence electrons. The number of amides is 2. The molecular weight excluding hydrogens is 396 g/mol. The van der Waals surface area contributed by atoms with Gasteiger partial charge in [-0.25, -0.2) is 8.78 Å². The number of pyridine rings is 1. The molecule has 2 aromatic heterocycles. The molecule has 1 aromatic carbocycles. The fraction of sp³-hybridized carbons (Fsp3) is 0.300. The van der Waals surface area contributed by atoms with Crippen LogP contribution in [0.25, 0.3) is 10.9 Å². The van der Waals surface area contributed by atoms with Crippen molar-refractivity contribution in [2.45, 2.75) is 25.4 Å². The molecule has 1 aliphatic rings. The molecule has 4 rings (SSSR count). The summed E-state index contributed by atoms with van der Waals surface area (Å²) in [5.41, 5.74) is 1.18. The van der Waals surface area contributed by atoms with E-state index in [0.29, 0.717) is 22.3 Å². The van der Waals surface area contributed by atoms with Crippen LogP contribution < -0.4 is 15.0 Å². The first-order valence-corrected chi connectivity index (χ1v) is 9.34. The van der Waals surface area contributed by atoms with E-state index >= 15 is 0 Å². The van der Waals surface area contributed by atoms with Gasteiger partial charge in [0.1, 0.15) is 24.1 Å². The van der Waals surface area contributed by atoms with Crippen LogP contribution in [0.4, 0.5) is 14.5 Å². The molecule has 0 unspecified atom stereocenters. The van der Waals surface area contributed by atoms with Gasteiger partial charge < -0.3 is 15.0 Å². The third-order valence-electron chi connectivity index (χ3n) is 4.88. The van der Waals surface area contributed by atoms with Crippen LogP contribution in [0.1, 0.15) is 16.9 Å². The number of ether oxygens (including phenoxy) is 1. The number of nitrogens with one attached hydrogen (secondary N) is 1. The summed E-state index contributed by atoms with van der Waals surface area (Å²) in [4.78, 5) is 31.1. The van der Waals surface area contributed by atoms with Crippen molar-refractivity contribution in [3.63, 3.8) is 0 Å². The van der Waals surface area contributed by atoms with Gasteiger partial charge in [0.25, 0.3) is 11.8 Å². The fourth-order valence-corrected chi connectivity index (χ4v) is 3.28. The summed E-state index contributed by atoms with van der Waals surface area (Å²) in [6.07, 6.45) is 0.158. The number of fused-ring (bicyclic) bond motifs is 2. The molecule has 0 aliphatic carbocycles. The molecular formula is C20H19F2N5O3. The summed E-state index contributed by atoms with van der Waals surface area (Å²) in [6, 6.07) is 7.67. The molecule has 10 heteroatoms. The number of rotatable bonds is 5. The number of likely N-dealkylation sites (N-methyl/N-ethyl adjacent to an activating group) is 1. The van der Waals surface area contributed by atoms with Crippen LogP contribution in [-0.4, -0.2) is 52.7 Å². The van der Waals surface area contributed by atoms with Crippen LogP contribution >= 0.6 is 0 Å². The van der Waals surface area contributed by atoms with E-state index in [2.05, 4.69) is 15.4 Å². The largest absolute Gasteiger partial charge is 0.489 e. The zero-order valence-electron chi connectivity index (χ0n) is 16.1. The topological polar surface area (TPSA) is 89.4 Å². The minimum atomic E-state index is -2.45. The molecule has 0 bridgehead atoms. The number of carbonyl (C=O) groups excluding carboxylic acids is 2. The molecule has 8 nitrogen and oxygen atoms in total. The number of nitrogens with zero attached hydrogens (tertiary/aromatic N) is 4. The predicted octanol–water partition coefficient (Wildman–Crippen LogP) is 2.24. The van der Waals surface area contributed by atoms with Gasteiger partial charge in [0.15, 0.2) is 0 Å². The maximum absolute atomic E-state index is 12.8. The van der Waals surface area contributed by atoms with Crippen molar-refractivity contribution >= 4 is 28.4 Å². The van der Waals surface area contributed by atoms with Crippen molar-refractivity contribution in [2.24, 2.45) is 0 Å². The molecule has 3 heterocycles. The SMILES string of the molecule is CN1C(=O)[C@@H](NC(=O)c2cc3c(cn2)cnn3CCC(F)F)COc2ccccc21. The molecule has 1 atom stereocenters. The molecule has 0 spiro atoms. The van der Waals surface area contributed by atoms with Gasteiger partial charge in [0, 0.05) is 31.6 Å². The number of aromatic nitrogens is 3. The van der Waals surface area contributed by atoms with Gasteiger partial charge >= 0.3 is 0 Å². The Bertz CT molecular complexity index is 1100. The normalized spacial score (nSPS) is 16.3. The smallest absolute Gasteiger partial charge is 0.270 e. The van der Waals surface area contributed by atoms with Crippen molar-refractivity contribution < 1.29 is 23.1 Å². The lowest BCUT2D eigenvalue weighted by Crippen LogP contribution is -2.49. The number of anilines is 1. The highest BCUT2D eigenvalue weighted by molar-refractivity contribution is 6.03. The minimum absolute atomic E-state index is 0.0181. The third-order valence-corrected chi connectivity index (χ3v) is 4.88. The van der Waals surface area contributed by atoms with E-state index in [1.807, 2.05) is 0 Å². The Morgan fingerprint density at radius 3 is 2.93 bits per heavy atom. The zero-order chi connectivity index (χ0) is 21.3. The average molecular weight is 415 g/mol. The van der Waals surface area contributed by atoms with Crippen molar-refractivity contribution in [1.29, 1.82) is 0 Å². The van der Waals surface area contributed by atoms with E-state index in [1.165, 1.54) is 28.0 Å². The first-order valence-electron chi connectivity index (χ1n) is 9.34. The Morgan fingerprint density at radius 2 is 2.13 bits per heavy atom. The summed E-state index contributed by atoms with van der Waals surface area (Å²) in [5.74, 6) is -0.344. The number of para-hydroxylation sites is 2. The monoisotopic (exact) mass is 415 g/mol. The van der Waals surface area contributed by atoms with Crippen LogP contribution in [0.5, 0.6) is 5.75 Å². The third kappa shape index (κ3) is 3.80. The quantitative estimate of drug-likeness (QED) is 0.690. The standard InChI is InChI=1S/C20H19F2N5O3/c1-26-15-4-2-3-5-17(15)30-11-14(20(26)29)25-19(28)13-8-16-12(9-23-13)10-24-27(16)7-6-18(21)22/h2-5,8-10,14,18H,6-7,11H2,1H3,(H,25,28)/t14-/m0/s1. The molecule has 0 fully saturated rings. The number of aryl methyl sites for hydroxylation is 1. The van der Waals surface area contributed by atoms with Gasteiger partial charge in [-0.15, -0.1) is 0 Å². The van der Waals surface area contributed by atoms with Gasteiger partial charge in [-0.1, -0.05) is 12.1 Å². The van der Waals surface area contributed by atoms with E-state index in [0.717, 1.165) is 0 Å². The first kappa shape index (κ1) is 19.7. The highest BCUT2D eigenvalue weighted by Gasteiger charge is 2.31. The van der Waals surface area contributed by atoms with Crippen LogP contribution in [0.3, 0.4) is 0 Å². The Hall–Kier alpha value is -3.56. The maximum atomic E-state index is 12.8. The lowest BCUT2D eigenvalue weighted by molar-refractivity contribution is -0.120. The summed E-state index contributed by atoms with van der Waals surface area (Å²) in [5, 5.41) is 7.35. The van der Waals surface area contributed by atoms with E-state index in [-0.39, 0.29) is 31.2 Å². The lowest BCUT2D eigenvalue weighted by Gasteiger charge is -2.20. The highest BCUT2D eigenvalue weighted by Crippen LogP contribution is 2.29. The second-order valence-corrected chi connectivity index (χ2v) is 6.88. The fourth-order valence-electron chi connectivity index (χ4n) is 3.28. The molecule has 0 saturated carbocycles. The van der Waals surface area contributed by atoms with E-state index in [4.69, 9.17) is 4.74 Å². The second kappa shape index (κ2) is 8.05. The maximum Gasteiger partial charge on any atom is 0.270 e. The van der Waals surface area contributed by atoms with Crippen LogP contribution in [0.15, 0.2) is 42.7 Å². The van der Waals surface area contributed by atoms with Crippen molar-refractivity contribution in [2.75, 3.05) is 18.6 Å². The van der Waals surface area contributed by atoms with Crippen LogP contribution in [0, 0.1) is 0 Å². The van der Waals surface area contributed by atoms with Gasteiger partial charge in [-0.2, -0.15) is 5.10 Å². The minimum Gasteiger partial charge on any atom is -0.489 e. The van der Waals surface area contributed by atoms with Gasteiger partial charge in [0.2, 0.25) is 6.43 Å². The Labute approximate surface area is 170 Å². The van der Waals surface area contributed by atoms with Gasteiger partial charge in [0.05, 0.1) is 17.4 Å². The molecule has 1 N–H and O–H groups in total. The van der Waals surface area contributed by atoms with Crippen molar-refractivity contribution in [1.82, 2.24) is 20.1 Å². The molecule has 2 amide bonds. The van der Waals surface area contributed by atoms with Crippen molar-refractivity contribution in [3.05, 3.63) is 48.4 Å².